The molecular formula is C13H16N2O3. The molecule has 0 spiro atoms. The molecule has 1 heterocycles. The number of carbonyl (C=O) groups excluding carboxylic acids is 1. The van der Waals surface area contributed by atoms with Gasteiger partial charge in [0.15, 0.2) is 0 Å². The molecule has 1 atom stereocenters. The molecule has 0 radical (unpaired) electrons. The largest absolute Gasteiger partial charge is 0.480 e. The number of hydrogen-bond acceptors (Lipinski definition) is 2. The molecule has 0 aliphatic carbocycles. The quantitative estimate of drug-likeness (QED) is 0.741. The lowest BCUT2D eigenvalue weighted by molar-refractivity contribution is -0.137. The molecule has 1 aromatic rings. The molecule has 0 saturated heterocycles. The van der Waals surface area contributed by atoms with Gasteiger partial charge in [0, 0.05) is 18.7 Å². The number of rotatable bonds is 6. The molecule has 18 heavy (non-hydrogen) atoms. The van der Waals surface area contributed by atoms with Gasteiger partial charge in [-0.1, -0.05) is 6.92 Å². The molecule has 1 unspecified atom stereocenters. The van der Waals surface area contributed by atoms with E-state index in [0.717, 1.165) is 6.42 Å². The SMILES string of the molecule is C#CCC(CC)NC(=O)c1cccn1CC(=O)O. The van der Waals surface area contributed by atoms with Crippen molar-refractivity contribution in [3.05, 3.63) is 24.0 Å². The van der Waals surface area contributed by atoms with E-state index < -0.39 is 5.97 Å². The second-order valence-corrected chi connectivity index (χ2v) is 3.90. The van der Waals surface area contributed by atoms with Crippen LogP contribution in [0.3, 0.4) is 0 Å². The maximum Gasteiger partial charge on any atom is 0.323 e. The van der Waals surface area contributed by atoms with Crippen LogP contribution in [0.25, 0.3) is 0 Å². The fourth-order valence-corrected chi connectivity index (χ4v) is 1.60. The molecular weight excluding hydrogens is 232 g/mol. The van der Waals surface area contributed by atoms with E-state index in [0.29, 0.717) is 12.1 Å². The van der Waals surface area contributed by atoms with Gasteiger partial charge in [0.2, 0.25) is 0 Å². The second-order valence-electron chi connectivity index (χ2n) is 3.90. The predicted octanol–water partition coefficient (Wildman–Crippen LogP) is 1.10. The first-order valence-electron chi connectivity index (χ1n) is 5.69. The summed E-state index contributed by atoms with van der Waals surface area (Å²) < 4.78 is 1.39. The van der Waals surface area contributed by atoms with E-state index in [1.165, 1.54) is 4.57 Å². The average Bonchev–Trinajstić information content (AvgIpc) is 2.75. The van der Waals surface area contributed by atoms with Gasteiger partial charge < -0.3 is 15.0 Å². The summed E-state index contributed by atoms with van der Waals surface area (Å²) in [4.78, 5) is 22.6. The third kappa shape index (κ3) is 3.67. The van der Waals surface area contributed by atoms with Gasteiger partial charge in [-0.15, -0.1) is 12.3 Å². The van der Waals surface area contributed by atoms with Crippen molar-refractivity contribution in [3.63, 3.8) is 0 Å². The maximum atomic E-state index is 12.0. The Bertz CT molecular complexity index is 471. The Hall–Kier alpha value is -2.22. The second kappa shape index (κ2) is 6.50. The normalized spacial score (nSPS) is 11.6. The fourth-order valence-electron chi connectivity index (χ4n) is 1.60. The first kappa shape index (κ1) is 13.8. The zero-order valence-electron chi connectivity index (χ0n) is 10.2. The molecule has 1 aromatic heterocycles. The number of terminal acetylenes is 1. The van der Waals surface area contributed by atoms with E-state index >= 15 is 0 Å². The highest BCUT2D eigenvalue weighted by molar-refractivity contribution is 5.93. The number of nitrogens with zero attached hydrogens (tertiary/aromatic N) is 1. The van der Waals surface area contributed by atoms with E-state index in [1.807, 2.05) is 6.92 Å². The highest BCUT2D eigenvalue weighted by Crippen LogP contribution is 2.05. The Morgan fingerprint density at radius 1 is 1.61 bits per heavy atom. The molecule has 0 fully saturated rings. The number of aromatic nitrogens is 1. The van der Waals surface area contributed by atoms with Gasteiger partial charge in [-0.05, 0) is 18.6 Å². The van der Waals surface area contributed by atoms with Gasteiger partial charge in [0.25, 0.3) is 5.91 Å². The third-order valence-corrected chi connectivity index (χ3v) is 2.56. The number of carbonyl (C=O) groups is 2. The summed E-state index contributed by atoms with van der Waals surface area (Å²) in [5, 5.41) is 11.5. The Morgan fingerprint density at radius 2 is 2.33 bits per heavy atom. The average molecular weight is 248 g/mol. The van der Waals surface area contributed by atoms with Crippen LogP contribution in [0.1, 0.15) is 30.3 Å². The van der Waals surface area contributed by atoms with Gasteiger partial charge in [0.05, 0.1) is 0 Å². The van der Waals surface area contributed by atoms with Crippen LogP contribution in [0.5, 0.6) is 0 Å². The highest BCUT2D eigenvalue weighted by atomic mass is 16.4. The minimum atomic E-state index is -0.990. The van der Waals surface area contributed by atoms with Crippen molar-refractivity contribution in [2.75, 3.05) is 0 Å². The predicted molar refractivity (Wildman–Crippen MR) is 67.1 cm³/mol. The van der Waals surface area contributed by atoms with Crippen LogP contribution < -0.4 is 5.32 Å². The summed E-state index contributed by atoms with van der Waals surface area (Å²) in [6, 6.07) is 3.14. The van der Waals surface area contributed by atoms with Crippen LogP contribution in [0.4, 0.5) is 0 Å². The number of carboxylic acids is 1. The van der Waals surface area contributed by atoms with Crippen molar-refractivity contribution in [2.24, 2.45) is 0 Å². The Balaban J connectivity index is 2.75. The van der Waals surface area contributed by atoms with Crippen molar-refractivity contribution < 1.29 is 14.7 Å². The molecule has 1 rings (SSSR count). The molecule has 0 aromatic carbocycles. The summed E-state index contributed by atoms with van der Waals surface area (Å²) in [5.74, 6) is 1.21. The molecule has 2 N–H and O–H groups in total. The Labute approximate surface area is 106 Å². The minimum absolute atomic E-state index is 0.0873. The first-order valence-corrected chi connectivity index (χ1v) is 5.69. The Morgan fingerprint density at radius 3 is 2.89 bits per heavy atom. The molecule has 0 saturated carbocycles. The van der Waals surface area contributed by atoms with Crippen molar-refractivity contribution in [1.29, 1.82) is 0 Å². The summed E-state index contributed by atoms with van der Waals surface area (Å²) >= 11 is 0. The van der Waals surface area contributed by atoms with Crippen LogP contribution in [0.15, 0.2) is 18.3 Å². The van der Waals surface area contributed by atoms with Gasteiger partial charge in [-0.25, -0.2) is 0 Å². The van der Waals surface area contributed by atoms with E-state index in [1.54, 1.807) is 18.3 Å². The van der Waals surface area contributed by atoms with E-state index in [2.05, 4.69) is 11.2 Å². The van der Waals surface area contributed by atoms with Crippen molar-refractivity contribution >= 4 is 11.9 Å². The molecule has 5 nitrogen and oxygen atoms in total. The van der Waals surface area contributed by atoms with Gasteiger partial charge in [-0.3, -0.25) is 9.59 Å². The molecule has 0 aliphatic heterocycles. The maximum absolute atomic E-state index is 12.0. The molecule has 5 heteroatoms. The summed E-state index contributed by atoms with van der Waals surface area (Å²) in [7, 11) is 0. The zero-order chi connectivity index (χ0) is 13.5. The van der Waals surface area contributed by atoms with E-state index in [4.69, 9.17) is 11.5 Å². The number of aliphatic carboxylic acids is 1. The van der Waals surface area contributed by atoms with Gasteiger partial charge in [0.1, 0.15) is 12.2 Å². The monoisotopic (exact) mass is 248 g/mol. The van der Waals surface area contributed by atoms with Crippen LogP contribution in [-0.4, -0.2) is 27.6 Å². The van der Waals surface area contributed by atoms with E-state index in [-0.39, 0.29) is 18.5 Å². The van der Waals surface area contributed by atoms with Gasteiger partial charge in [-0.2, -0.15) is 0 Å². The van der Waals surface area contributed by atoms with Crippen LogP contribution in [0.2, 0.25) is 0 Å². The lowest BCUT2D eigenvalue weighted by Gasteiger charge is -2.15. The smallest absolute Gasteiger partial charge is 0.323 e. The zero-order valence-corrected chi connectivity index (χ0v) is 10.2. The Kier molecular flexibility index (Phi) is 5.00. The van der Waals surface area contributed by atoms with Crippen LogP contribution in [-0.2, 0) is 11.3 Å². The van der Waals surface area contributed by atoms with Crippen LogP contribution >= 0.6 is 0 Å². The lowest BCUT2D eigenvalue weighted by Crippen LogP contribution is -2.35. The molecule has 1 amide bonds. The van der Waals surface area contributed by atoms with Crippen molar-refractivity contribution in [3.8, 4) is 12.3 Å². The van der Waals surface area contributed by atoms with Crippen molar-refractivity contribution in [1.82, 2.24) is 9.88 Å². The van der Waals surface area contributed by atoms with Crippen LogP contribution in [0, 0.1) is 12.3 Å². The number of nitrogens with one attached hydrogen (secondary N) is 1. The molecule has 0 bridgehead atoms. The summed E-state index contributed by atoms with van der Waals surface area (Å²) in [5.41, 5.74) is 0.327. The number of hydrogen-bond donors (Lipinski definition) is 2. The van der Waals surface area contributed by atoms with Gasteiger partial charge >= 0.3 is 5.97 Å². The fraction of sp³-hybridized carbons (Fsp3) is 0.385. The number of amides is 1. The minimum Gasteiger partial charge on any atom is -0.480 e. The standard InChI is InChI=1S/C13H16N2O3/c1-3-6-10(4-2)14-13(18)11-7-5-8-15(11)9-12(16)17/h1,5,7-8,10H,4,6,9H2,2H3,(H,14,18)(H,16,17). The summed E-state index contributed by atoms with van der Waals surface area (Å²) in [6.45, 7) is 1.69. The topological polar surface area (TPSA) is 71.3 Å². The molecule has 96 valence electrons. The van der Waals surface area contributed by atoms with Crippen molar-refractivity contribution in [2.45, 2.75) is 32.4 Å². The third-order valence-electron chi connectivity index (χ3n) is 2.56. The number of carboxylic acid groups (broad SMARTS) is 1. The first-order chi connectivity index (χ1) is 8.58. The highest BCUT2D eigenvalue weighted by Gasteiger charge is 2.15. The molecule has 0 aliphatic rings. The lowest BCUT2D eigenvalue weighted by atomic mass is 10.1. The summed E-state index contributed by atoms with van der Waals surface area (Å²) in [6.07, 6.45) is 7.96. The van der Waals surface area contributed by atoms with E-state index in [9.17, 15) is 9.59 Å².